The van der Waals surface area contributed by atoms with Crippen LogP contribution >= 0.6 is 11.6 Å². The molecule has 0 aliphatic carbocycles. The first-order valence-corrected chi connectivity index (χ1v) is 7.31. The maximum absolute atomic E-state index is 13.1. The lowest BCUT2D eigenvalue weighted by Crippen LogP contribution is -1.97. The summed E-state index contributed by atoms with van der Waals surface area (Å²) in [4.78, 5) is 8.75. The van der Waals surface area contributed by atoms with Crippen molar-refractivity contribution in [2.24, 2.45) is 0 Å². The van der Waals surface area contributed by atoms with Crippen LogP contribution in [0.2, 0.25) is 5.02 Å². The molecule has 3 aromatic heterocycles. The van der Waals surface area contributed by atoms with Gasteiger partial charge in [-0.15, -0.1) is 0 Å². The molecule has 0 radical (unpaired) electrons. The van der Waals surface area contributed by atoms with Gasteiger partial charge in [0.05, 0.1) is 17.6 Å². The van der Waals surface area contributed by atoms with Crippen LogP contribution in [0.1, 0.15) is 0 Å². The van der Waals surface area contributed by atoms with Crippen LogP contribution in [0.15, 0.2) is 61.1 Å². The molecule has 4 rings (SSSR count). The minimum atomic E-state index is -0.290. The molecule has 0 fully saturated rings. The molecule has 4 aromatic rings. The minimum Gasteiger partial charge on any atom is -0.256 e. The van der Waals surface area contributed by atoms with Gasteiger partial charge < -0.3 is 0 Å². The van der Waals surface area contributed by atoms with Gasteiger partial charge in [-0.3, -0.25) is 4.98 Å². The molecule has 0 atom stereocenters. The van der Waals surface area contributed by atoms with E-state index in [-0.39, 0.29) is 5.82 Å². The van der Waals surface area contributed by atoms with Crippen LogP contribution in [-0.2, 0) is 0 Å². The molecule has 23 heavy (non-hydrogen) atoms. The van der Waals surface area contributed by atoms with Gasteiger partial charge in [-0.05, 0) is 42.5 Å². The van der Waals surface area contributed by atoms with Crippen molar-refractivity contribution in [2.75, 3.05) is 0 Å². The molecule has 6 heteroatoms. The molecule has 0 spiro atoms. The molecule has 0 saturated carbocycles. The van der Waals surface area contributed by atoms with Gasteiger partial charge in [0.2, 0.25) is 0 Å². The summed E-state index contributed by atoms with van der Waals surface area (Å²) in [5.41, 5.74) is 3.07. The van der Waals surface area contributed by atoms with Gasteiger partial charge in [0.15, 0.2) is 5.65 Å². The number of hydrogen-bond acceptors (Lipinski definition) is 3. The Morgan fingerprint density at radius 2 is 1.74 bits per heavy atom. The van der Waals surface area contributed by atoms with Crippen LogP contribution in [-0.4, -0.2) is 19.7 Å². The minimum absolute atomic E-state index is 0.290. The number of pyridine rings is 2. The van der Waals surface area contributed by atoms with Crippen molar-refractivity contribution in [3.63, 3.8) is 0 Å². The Hall–Kier alpha value is -2.79. The second-order valence-electron chi connectivity index (χ2n) is 4.99. The fourth-order valence-electron chi connectivity index (χ4n) is 2.48. The fraction of sp³-hybridized carbons (Fsp3) is 0. The summed E-state index contributed by atoms with van der Waals surface area (Å²) in [7, 11) is 0. The Bertz CT molecular complexity index is 995. The van der Waals surface area contributed by atoms with Crippen molar-refractivity contribution in [3.05, 3.63) is 71.9 Å². The van der Waals surface area contributed by atoms with E-state index in [1.54, 1.807) is 47.5 Å². The van der Waals surface area contributed by atoms with Crippen LogP contribution in [0.5, 0.6) is 0 Å². The molecule has 0 unspecified atom stereocenters. The van der Waals surface area contributed by atoms with E-state index in [0.717, 1.165) is 22.3 Å². The average Bonchev–Trinajstić information content (AvgIpc) is 2.99. The number of halogens is 2. The second-order valence-corrected chi connectivity index (χ2v) is 5.42. The number of rotatable bonds is 2. The quantitative estimate of drug-likeness (QED) is 0.553. The van der Waals surface area contributed by atoms with Crippen molar-refractivity contribution in [1.82, 2.24) is 19.7 Å². The maximum Gasteiger partial charge on any atom is 0.163 e. The molecule has 0 aliphatic rings. The third kappa shape index (κ3) is 2.45. The van der Waals surface area contributed by atoms with Gasteiger partial charge in [-0.2, -0.15) is 5.10 Å². The van der Waals surface area contributed by atoms with E-state index in [1.807, 2.05) is 6.07 Å². The zero-order valence-electron chi connectivity index (χ0n) is 11.8. The Kier molecular flexibility index (Phi) is 3.28. The van der Waals surface area contributed by atoms with Gasteiger partial charge in [-0.25, -0.2) is 14.1 Å². The molecule has 112 valence electrons. The van der Waals surface area contributed by atoms with E-state index in [4.69, 9.17) is 11.6 Å². The zero-order chi connectivity index (χ0) is 15.8. The van der Waals surface area contributed by atoms with E-state index >= 15 is 0 Å². The standard InChI is InChI=1S/C17H10ClFN4/c18-11-5-7-20-16(9-11)14-6-8-21-17-15(14)10-22-23(17)13-3-1-12(19)2-4-13/h1-10H. The first-order valence-electron chi connectivity index (χ1n) is 6.93. The van der Waals surface area contributed by atoms with Crippen molar-refractivity contribution < 1.29 is 4.39 Å². The summed E-state index contributed by atoms with van der Waals surface area (Å²) in [5, 5.41) is 5.84. The summed E-state index contributed by atoms with van der Waals surface area (Å²) in [5.74, 6) is -0.290. The molecule has 4 nitrogen and oxygen atoms in total. The number of fused-ring (bicyclic) bond motifs is 1. The lowest BCUT2D eigenvalue weighted by atomic mass is 10.1. The first kappa shape index (κ1) is 13.8. The van der Waals surface area contributed by atoms with Crippen LogP contribution < -0.4 is 0 Å². The summed E-state index contributed by atoms with van der Waals surface area (Å²) in [6, 6.07) is 11.5. The van der Waals surface area contributed by atoms with Gasteiger partial charge in [-0.1, -0.05) is 11.6 Å². The molecule has 0 saturated heterocycles. The van der Waals surface area contributed by atoms with Crippen molar-refractivity contribution in [3.8, 4) is 16.9 Å². The Morgan fingerprint density at radius 1 is 0.957 bits per heavy atom. The highest BCUT2D eigenvalue weighted by atomic mass is 35.5. The normalized spacial score (nSPS) is 11.0. The number of benzene rings is 1. The highest BCUT2D eigenvalue weighted by Crippen LogP contribution is 2.28. The van der Waals surface area contributed by atoms with E-state index in [0.29, 0.717) is 10.7 Å². The van der Waals surface area contributed by atoms with Crippen molar-refractivity contribution >= 4 is 22.6 Å². The molecule has 0 bridgehead atoms. The van der Waals surface area contributed by atoms with Gasteiger partial charge in [0.25, 0.3) is 0 Å². The SMILES string of the molecule is Fc1ccc(-n2ncc3c(-c4cc(Cl)ccn4)ccnc32)cc1. The highest BCUT2D eigenvalue weighted by Gasteiger charge is 2.12. The number of nitrogens with zero attached hydrogens (tertiary/aromatic N) is 4. The van der Waals surface area contributed by atoms with Crippen LogP contribution in [0.4, 0.5) is 4.39 Å². The summed E-state index contributed by atoms with van der Waals surface area (Å²) in [6.45, 7) is 0. The molecular weight excluding hydrogens is 315 g/mol. The molecule has 0 aliphatic heterocycles. The van der Waals surface area contributed by atoms with Crippen LogP contribution in [0.3, 0.4) is 0 Å². The topological polar surface area (TPSA) is 43.6 Å². The highest BCUT2D eigenvalue weighted by molar-refractivity contribution is 6.30. The maximum atomic E-state index is 13.1. The van der Waals surface area contributed by atoms with E-state index in [9.17, 15) is 4.39 Å². The van der Waals surface area contributed by atoms with Gasteiger partial charge in [0, 0.05) is 28.4 Å². The Morgan fingerprint density at radius 3 is 2.52 bits per heavy atom. The number of aromatic nitrogens is 4. The van der Waals surface area contributed by atoms with Crippen molar-refractivity contribution in [2.45, 2.75) is 0 Å². The smallest absolute Gasteiger partial charge is 0.163 e. The molecule has 3 heterocycles. The lowest BCUT2D eigenvalue weighted by molar-refractivity contribution is 0.627. The molecular formula is C17H10ClFN4. The van der Waals surface area contributed by atoms with Crippen LogP contribution in [0, 0.1) is 5.82 Å². The van der Waals surface area contributed by atoms with Gasteiger partial charge >= 0.3 is 0 Å². The van der Waals surface area contributed by atoms with E-state index in [1.165, 1.54) is 12.1 Å². The molecule has 0 N–H and O–H groups in total. The number of hydrogen-bond donors (Lipinski definition) is 0. The van der Waals surface area contributed by atoms with Crippen molar-refractivity contribution in [1.29, 1.82) is 0 Å². The van der Waals surface area contributed by atoms with Gasteiger partial charge in [0.1, 0.15) is 5.82 Å². The first-order chi connectivity index (χ1) is 11.2. The third-order valence-electron chi connectivity index (χ3n) is 3.54. The fourth-order valence-corrected chi connectivity index (χ4v) is 2.63. The van der Waals surface area contributed by atoms with E-state index < -0.39 is 0 Å². The summed E-state index contributed by atoms with van der Waals surface area (Å²) in [6.07, 6.45) is 5.08. The third-order valence-corrected chi connectivity index (χ3v) is 3.78. The van der Waals surface area contributed by atoms with E-state index in [2.05, 4.69) is 15.1 Å². The zero-order valence-corrected chi connectivity index (χ0v) is 12.6. The Balaban J connectivity index is 1.91. The molecule has 0 amide bonds. The Labute approximate surface area is 136 Å². The average molecular weight is 325 g/mol. The second kappa shape index (κ2) is 5.44. The summed E-state index contributed by atoms with van der Waals surface area (Å²) < 4.78 is 14.8. The summed E-state index contributed by atoms with van der Waals surface area (Å²) >= 11 is 6.05. The van der Waals surface area contributed by atoms with Crippen LogP contribution in [0.25, 0.3) is 28.0 Å². The predicted molar refractivity (Wildman–Crippen MR) is 87.1 cm³/mol. The predicted octanol–water partition coefficient (Wildman–Crippen LogP) is 4.28. The largest absolute Gasteiger partial charge is 0.256 e. The monoisotopic (exact) mass is 324 g/mol. The molecule has 1 aromatic carbocycles. The lowest BCUT2D eigenvalue weighted by Gasteiger charge is -2.05.